The summed E-state index contributed by atoms with van der Waals surface area (Å²) >= 11 is 5.85. The Kier molecular flexibility index (Phi) is 7.63. The summed E-state index contributed by atoms with van der Waals surface area (Å²) in [5, 5.41) is 13.9. The maximum Gasteiger partial charge on any atom is 0.270 e. The molecule has 0 aliphatic rings. The van der Waals surface area contributed by atoms with E-state index in [1.807, 2.05) is 0 Å². The number of halogens is 1. The number of likely N-dealkylation sites (N-methyl/N-ethyl adjacent to an activating group) is 1. The predicted molar refractivity (Wildman–Crippen MR) is 106 cm³/mol. The number of rotatable bonds is 7. The van der Waals surface area contributed by atoms with Gasteiger partial charge in [0.1, 0.15) is 0 Å². The number of nitro benzene ring substituents is 1. The summed E-state index contributed by atoms with van der Waals surface area (Å²) in [6.45, 7) is -0.239. The molecule has 3 amide bonds. The van der Waals surface area contributed by atoms with E-state index in [0.29, 0.717) is 10.7 Å². The number of benzene rings is 2. The third-order valence-electron chi connectivity index (χ3n) is 3.57. The number of anilines is 1. The van der Waals surface area contributed by atoms with Crippen LogP contribution in [-0.2, 0) is 9.59 Å². The Morgan fingerprint density at radius 1 is 1.03 bits per heavy atom. The van der Waals surface area contributed by atoms with Gasteiger partial charge < -0.3 is 5.32 Å². The second-order valence-corrected chi connectivity index (χ2v) is 6.48. The average molecular weight is 420 g/mol. The molecule has 0 atom stereocenters. The molecule has 0 aliphatic heterocycles. The predicted octanol–water partition coefficient (Wildman–Crippen LogP) is 1.58. The van der Waals surface area contributed by atoms with Crippen LogP contribution in [-0.4, -0.2) is 47.7 Å². The van der Waals surface area contributed by atoms with Crippen LogP contribution < -0.4 is 16.2 Å². The Balaban J connectivity index is 1.78. The van der Waals surface area contributed by atoms with Crippen LogP contribution in [0.4, 0.5) is 11.4 Å². The highest BCUT2D eigenvalue weighted by Crippen LogP contribution is 2.15. The van der Waals surface area contributed by atoms with Gasteiger partial charge in [-0.05, 0) is 31.3 Å². The highest BCUT2D eigenvalue weighted by Gasteiger charge is 2.14. The first kappa shape index (κ1) is 21.8. The van der Waals surface area contributed by atoms with Crippen molar-refractivity contribution in [2.24, 2.45) is 0 Å². The minimum absolute atomic E-state index is 0.0220. The molecule has 0 radical (unpaired) electrons. The smallest absolute Gasteiger partial charge is 0.270 e. The minimum Gasteiger partial charge on any atom is -0.325 e. The summed E-state index contributed by atoms with van der Waals surface area (Å²) in [6, 6.07) is 11.7. The molecule has 0 bridgehead atoms. The van der Waals surface area contributed by atoms with Crippen LogP contribution in [0.5, 0.6) is 0 Å². The zero-order chi connectivity index (χ0) is 21.4. The van der Waals surface area contributed by atoms with E-state index in [1.54, 1.807) is 31.3 Å². The minimum atomic E-state index is -0.705. The number of carbonyl (C=O) groups excluding carboxylic acids is 3. The Morgan fingerprint density at radius 3 is 2.41 bits per heavy atom. The fraction of sp³-hybridized carbons (Fsp3) is 0.167. The van der Waals surface area contributed by atoms with Crippen LogP contribution in [0, 0.1) is 10.1 Å². The molecule has 0 aliphatic carbocycles. The molecule has 2 aromatic rings. The topological polar surface area (TPSA) is 134 Å². The molecule has 10 nitrogen and oxygen atoms in total. The van der Waals surface area contributed by atoms with Gasteiger partial charge in [0.25, 0.3) is 17.5 Å². The lowest BCUT2D eigenvalue weighted by Crippen LogP contribution is -2.46. The molecular formula is C18H18ClN5O5. The number of carbonyl (C=O) groups is 3. The number of amides is 3. The molecule has 0 fully saturated rings. The summed E-state index contributed by atoms with van der Waals surface area (Å²) in [4.78, 5) is 47.5. The van der Waals surface area contributed by atoms with Crippen molar-refractivity contribution in [1.82, 2.24) is 15.8 Å². The Labute approximate surface area is 170 Å². The zero-order valence-corrected chi connectivity index (χ0v) is 16.1. The van der Waals surface area contributed by atoms with Crippen molar-refractivity contribution in [1.29, 1.82) is 0 Å². The van der Waals surface area contributed by atoms with E-state index in [4.69, 9.17) is 11.6 Å². The monoisotopic (exact) mass is 419 g/mol. The van der Waals surface area contributed by atoms with Gasteiger partial charge in [0.15, 0.2) is 0 Å². The fourth-order valence-electron chi connectivity index (χ4n) is 2.31. The number of nitro groups is 1. The molecule has 152 valence electrons. The van der Waals surface area contributed by atoms with Crippen molar-refractivity contribution < 1.29 is 19.3 Å². The first-order valence-corrected chi connectivity index (χ1v) is 8.70. The summed E-state index contributed by atoms with van der Waals surface area (Å²) in [7, 11) is 1.56. The molecule has 2 rings (SSSR count). The lowest BCUT2D eigenvalue weighted by Gasteiger charge is -2.16. The number of hydrazine groups is 1. The number of hydrogen-bond acceptors (Lipinski definition) is 6. The first-order chi connectivity index (χ1) is 13.7. The van der Waals surface area contributed by atoms with Crippen LogP contribution in [0.1, 0.15) is 10.4 Å². The van der Waals surface area contributed by atoms with Gasteiger partial charge >= 0.3 is 0 Å². The maximum atomic E-state index is 12.0. The van der Waals surface area contributed by atoms with Gasteiger partial charge in [-0.2, -0.15) is 0 Å². The Hall–Kier alpha value is -3.50. The second-order valence-electron chi connectivity index (χ2n) is 6.04. The highest BCUT2D eigenvalue weighted by atomic mass is 35.5. The van der Waals surface area contributed by atoms with E-state index < -0.39 is 16.7 Å². The van der Waals surface area contributed by atoms with E-state index >= 15 is 0 Å². The number of nitrogens with zero attached hydrogens (tertiary/aromatic N) is 2. The normalized spacial score (nSPS) is 10.3. The van der Waals surface area contributed by atoms with E-state index in [-0.39, 0.29) is 30.2 Å². The van der Waals surface area contributed by atoms with Crippen molar-refractivity contribution in [3.63, 3.8) is 0 Å². The molecular weight excluding hydrogens is 402 g/mol. The maximum absolute atomic E-state index is 12.0. The molecule has 0 heterocycles. The summed E-state index contributed by atoms with van der Waals surface area (Å²) in [6.07, 6.45) is 0. The van der Waals surface area contributed by atoms with Crippen LogP contribution >= 0.6 is 11.6 Å². The molecule has 3 N–H and O–H groups in total. The zero-order valence-electron chi connectivity index (χ0n) is 15.3. The van der Waals surface area contributed by atoms with Crippen molar-refractivity contribution in [3.05, 3.63) is 69.2 Å². The number of nitrogens with one attached hydrogen (secondary N) is 3. The van der Waals surface area contributed by atoms with Crippen molar-refractivity contribution in [2.75, 3.05) is 25.5 Å². The van der Waals surface area contributed by atoms with Gasteiger partial charge in [0.05, 0.1) is 18.0 Å². The van der Waals surface area contributed by atoms with Crippen molar-refractivity contribution >= 4 is 40.7 Å². The lowest BCUT2D eigenvalue weighted by atomic mass is 10.2. The molecule has 0 aromatic heterocycles. The van der Waals surface area contributed by atoms with Crippen LogP contribution in [0.3, 0.4) is 0 Å². The summed E-state index contributed by atoms with van der Waals surface area (Å²) in [5.74, 6) is -1.62. The van der Waals surface area contributed by atoms with E-state index in [9.17, 15) is 24.5 Å². The standard InChI is InChI=1S/C18H18ClN5O5/c1-23(10-16(25)20-14-6-3-5-13(19)9-14)11-17(26)21-22-18(27)12-4-2-7-15(8-12)24(28)29/h2-9H,10-11H2,1H3,(H,20,25)(H,21,26)(H,22,27). The van der Waals surface area contributed by atoms with Gasteiger partial charge in [-0.3, -0.25) is 40.2 Å². The van der Waals surface area contributed by atoms with Gasteiger partial charge in [-0.15, -0.1) is 0 Å². The fourth-order valence-corrected chi connectivity index (χ4v) is 2.50. The highest BCUT2D eigenvalue weighted by molar-refractivity contribution is 6.30. The average Bonchev–Trinajstić information content (AvgIpc) is 2.65. The van der Waals surface area contributed by atoms with Crippen molar-refractivity contribution in [2.45, 2.75) is 0 Å². The van der Waals surface area contributed by atoms with E-state index in [1.165, 1.54) is 23.1 Å². The first-order valence-electron chi connectivity index (χ1n) is 8.32. The molecule has 0 unspecified atom stereocenters. The van der Waals surface area contributed by atoms with E-state index in [2.05, 4.69) is 16.2 Å². The van der Waals surface area contributed by atoms with Crippen molar-refractivity contribution in [3.8, 4) is 0 Å². The molecule has 29 heavy (non-hydrogen) atoms. The molecule has 11 heteroatoms. The van der Waals surface area contributed by atoms with E-state index in [0.717, 1.165) is 6.07 Å². The Bertz CT molecular complexity index is 936. The largest absolute Gasteiger partial charge is 0.325 e. The van der Waals surface area contributed by atoms with Gasteiger partial charge in [-0.1, -0.05) is 23.7 Å². The number of hydrogen-bond donors (Lipinski definition) is 3. The third kappa shape index (κ3) is 7.20. The number of non-ortho nitro benzene ring substituents is 1. The van der Waals surface area contributed by atoms with Gasteiger partial charge in [0, 0.05) is 28.4 Å². The third-order valence-corrected chi connectivity index (χ3v) is 3.81. The van der Waals surface area contributed by atoms with Gasteiger partial charge in [0.2, 0.25) is 5.91 Å². The summed E-state index contributed by atoms with van der Waals surface area (Å²) in [5.41, 5.74) is 4.67. The SMILES string of the molecule is CN(CC(=O)NNC(=O)c1cccc([N+](=O)[O-])c1)CC(=O)Nc1cccc(Cl)c1. The molecule has 2 aromatic carbocycles. The lowest BCUT2D eigenvalue weighted by molar-refractivity contribution is -0.384. The quantitative estimate of drug-likeness (QED) is 0.461. The molecule has 0 spiro atoms. The van der Waals surface area contributed by atoms with Crippen LogP contribution in [0.2, 0.25) is 5.02 Å². The van der Waals surface area contributed by atoms with Gasteiger partial charge in [-0.25, -0.2) is 0 Å². The molecule has 0 saturated heterocycles. The second kappa shape index (κ2) is 10.2. The molecule has 0 saturated carbocycles. The Morgan fingerprint density at radius 2 is 1.72 bits per heavy atom. The van der Waals surface area contributed by atoms with Crippen LogP contribution in [0.25, 0.3) is 0 Å². The summed E-state index contributed by atoms with van der Waals surface area (Å²) < 4.78 is 0. The van der Waals surface area contributed by atoms with Crippen LogP contribution in [0.15, 0.2) is 48.5 Å².